The van der Waals surface area contributed by atoms with Crippen molar-refractivity contribution in [3.8, 4) is 0 Å². The van der Waals surface area contributed by atoms with Crippen LogP contribution in [0.3, 0.4) is 0 Å². The van der Waals surface area contributed by atoms with E-state index in [-0.39, 0.29) is 11.1 Å². The normalized spacial score (nSPS) is 39.6. The molecule has 0 aliphatic heterocycles. The average Bonchev–Trinajstić information content (AvgIpc) is 2.67. The summed E-state index contributed by atoms with van der Waals surface area (Å²) in [7, 11) is 0. The zero-order valence-corrected chi connectivity index (χ0v) is 9.24. The molecule has 0 aromatic carbocycles. The number of rotatable bonds is 1. The van der Waals surface area contributed by atoms with Crippen LogP contribution in [0.4, 0.5) is 0 Å². The zero-order chi connectivity index (χ0) is 10.5. The molecule has 1 aromatic rings. The van der Waals surface area contributed by atoms with E-state index in [1.165, 1.54) is 19.3 Å². The Morgan fingerprint density at radius 1 is 1.20 bits per heavy atom. The lowest BCUT2D eigenvalue weighted by atomic mass is 9.62. The van der Waals surface area contributed by atoms with Crippen LogP contribution in [0.2, 0.25) is 0 Å². The number of hydrogen-bond acceptors (Lipinski definition) is 3. The van der Waals surface area contributed by atoms with Gasteiger partial charge in [0, 0.05) is 11.7 Å². The molecule has 0 amide bonds. The van der Waals surface area contributed by atoms with Gasteiger partial charge in [0.05, 0.1) is 11.2 Å². The van der Waals surface area contributed by atoms with E-state index in [1.807, 2.05) is 6.92 Å². The van der Waals surface area contributed by atoms with Gasteiger partial charge in [0.25, 0.3) is 0 Å². The lowest BCUT2D eigenvalue weighted by molar-refractivity contribution is 0.0425. The molecule has 4 heteroatoms. The number of fused-ring (bicyclic) bond motifs is 3. The molecule has 82 valence electrons. The Kier molecular flexibility index (Phi) is 1.75. The second-order valence-corrected chi connectivity index (χ2v) is 5.39. The smallest absolute Gasteiger partial charge is 0.0796 e. The van der Waals surface area contributed by atoms with Crippen molar-refractivity contribution in [3.05, 3.63) is 11.9 Å². The highest BCUT2D eigenvalue weighted by Gasteiger charge is 2.48. The summed E-state index contributed by atoms with van der Waals surface area (Å²) in [6.07, 6.45) is 9.03. The van der Waals surface area contributed by atoms with Crippen LogP contribution in [0.1, 0.15) is 44.2 Å². The first-order chi connectivity index (χ1) is 7.12. The summed E-state index contributed by atoms with van der Waals surface area (Å²) >= 11 is 0. The predicted molar refractivity (Wildman–Crippen MR) is 57.4 cm³/mol. The van der Waals surface area contributed by atoms with Gasteiger partial charge in [-0.05, 0) is 45.4 Å². The van der Waals surface area contributed by atoms with Gasteiger partial charge >= 0.3 is 0 Å². The third-order valence-electron chi connectivity index (χ3n) is 4.36. The van der Waals surface area contributed by atoms with E-state index in [9.17, 15) is 0 Å². The van der Waals surface area contributed by atoms with Crippen LogP contribution in [0, 0.1) is 6.92 Å². The Hall–Kier alpha value is -0.900. The second kappa shape index (κ2) is 2.82. The van der Waals surface area contributed by atoms with E-state index >= 15 is 0 Å². The molecular formula is C11H18N4. The molecule has 0 atom stereocenters. The monoisotopic (exact) mass is 206 g/mol. The van der Waals surface area contributed by atoms with Crippen molar-refractivity contribution in [2.24, 2.45) is 5.73 Å². The largest absolute Gasteiger partial charge is 0.325 e. The number of hydrogen-bond donors (Lipinski definition) is 1. The summed E-state index contributed by atoms with van der Waals surface area (Å²) in [6, 6.07) is 0. The maximum absolute atomic E-state index is 6.29. The molecule has 3 aliphatic carbocycles. The van der Waals surface area contributed by atoms with E-state index in [4.69, 9.17) is 5.73 Å². The Balaban J connectivity index is 1.93. The summed E-state index contributed by atoms with van der Waals surface area (Å²) in [6.45, 7) is 2.00. The van der Waals surface area contributed by atoms with Gasteiger partial charge in [-0.3, -0.25) is 0 Å². The Morgan fingerprint density at radius 2 is 1.80 bits per heavy atom. The molecule has 4 rings (SSSR count). The lowest BCUT2D eigenvalue weighted by Crippen LogP contribution is -2.55. The molecule has 3 fully saturated rings. The van der Waals surface area contributed by atoms with Gasteiger partial charge in [0.1, 0.15) is 0 Å². The van der Waals surface area contributed by atoms with Crippen molar-refractivity contribution in [3.63, 3.8) is 0 Å². The van der Waals surface area contributed by atoms with Crippen molar-refractivity contribution in [1.82, 2.24) is 15.0 Å². The molecule has 15 heavy (non-hydrogen) atoms. The van der Waals surface area contributed by atoms with Crippen molar-refractivity contribution in [2.45, 2.75) is 56.5 Å². The van der Waals surface area contributed by atoms with Crippen LogP contribution in [0.15, 0.2) is 6.20 Å². The van der Waals surface area contributed by atoms with Crippen molar-refractivity contribution >= 4 is 0 Å². The van der Waals surface area contributed by atoms with E-state index in [2.05, 4.69) is 21.2 Å². The molecular weight excluding hydrogens is 188 g/mol. The van der Waals surface area contributed by atoms with Crippen LogP contribution < -0.4 is 5.73 Å². The average molecular weight is 206 g/mol. The summed E-state index contributed by atoms with van der Waals surface area (Å²) in [5.74, 6) is 0. The third-order valence-corrected chi connectivity index (χ3v) is 4.36. The zero-order valence-electron chi connectivity index (χ0n) is 9.24. The van der Waals surface area contributed by atoms with Gasteiger partial charge in [-0.15, -0.1) is 5.10 Å². The fraction of sp³-hybridized carbons (Fsp3) is 0.818. The minimum atomic E-state index is 0.136. The lowest BCUT2D eigenvalue weighted by Gasteiger charge is -2.51. The molecule has 1 heterocycles. The Labute approximate surface area is 89.8 Å². The molecule has 0 spiro atoms. The van der Waals surface area contributed by atoms with Gasteiger partial charge < -0.3 is 5.73 Å². The van der Waals surface area contributed by atoms with E-state index in [0.717, 1.165) is 25.0 Å². The fourth-order valence-electron chi connectivity index (χ4n) is 3.12. The second-order valence-electron chi connectivity index (χ2n) is 5.39. The van der Waals surface area contributed by atoms with E-state index in [0.29, 0.717) is 0 Å². The van der Waals surface area contributed by atoms with Gasteiger partial charge in [-0.1, -0.05) is 5.21 Å². The van der Waals surface area contributed by atoms with Crippen molar-refractivity contribution in [1.29, 1.82) is 0 Å². The first-order valence-corrected chi connectivity index (χ1v) is 5.80. The molecule has 3 aliphatic rings. The van der Waals surface area contributed by atoms with Crippen molar-refractivity contribution in [2.75, 3.05) is 0 Å². The molecule has 0 radical (unpaired) electrons. The van der Waals surface area contributed by atoms with Gasteiger partial charge in [-0.2, -0.15) is 0 Å². The Morgan fingerprint density at radius 3 is 2.27 bits per heavy atom. The minimum absolute atomic E-state index is 0.136. The molecule has 0 unspecified atom stereocenters. The third kappa shape index (κ3) is 1.31. The molecule has 4 nitrogen and oxygen atoms in total. The van der Waals surface area contributed by atoms with E-state index < -0.39 is 0 Å². The molecule has 1 aromatic heterocycles. The quantitative estimate of drug-likeness (QED) is 0.754. The summed E-state index contributed by atoms with van der Waals surface area (Å²) < 4.78 is 2.10. The Bertz CT molecular complexity index is 357. The minimum Gasteiger partial charge on any atom is -0.325 e. The fourth-order valence-corrected chi connectivity index (χ4v) is 3.12. The molecule has 2 N–H and O–H groups in total. The van der Waals surface area contributed by atoms with Crippen LogP contribution in [-0.4, -0.2) is 20.5 Å². The highest BCUT2D eigenvalue weighted by Crippen LogP contribution is 2.49. The summed E-state index contributed by atoms with van der Waals surface area (Å²) in [5, 5.41) is 8.36. The number of nitrogens with zero attached hydrogens (tertiary/aromatic N) is 3. The molecule has 2 bridgehead atoms. The number of aryl methyl sites for hydroxylation is 1. The van der Waals surface area contributed by atoms with Gasteiger partial charge in [-0.25, -0.2) is 4.68 Å². The first-order valence-electron chi connectivity index (χ1n) is 5.80. The standard InChI is InChI=1S/C11H18N4/c1-9-8-15(14-13-9)11-5-2-10(12,3-6-11)4-7-11/h8H,2-7,12H2,1H3. The maximum atomic E-state index is 6.29. The number of nitrogens with two attached hydrogens (primary N) is 1. The highest BCUT2D eigenvalue weighted by atomic mass is 15.4. The van der Waals surface area contributed by atoms with Crippen LogP contribution in [-0.2, 0) is 5.54 Å². The van der Waals surface area contributed by atoms with Crippen LogP contribution in [0.5, 0.6) is 0 Å². The van der Waals surface area contributed by atoms with E-state index in [1.54, 1.807) is 0 Å². The maximum Gasteiger partial charge on any atom is 0.0796 e. The first kappa shape index (κ1) is 9.33. The number of aromatic nitrogens is 3. The van der Waals surface area contributed by atoms with Crippen LogP contribution >= 0.6 is 0 Å². The molecule has 0 saturated heterocycles. The highest BCUT2D eigenvalue weighted by molar-refractivity contribution is 5.06. The predicted octanol–water partition coefficient (Wildman–Crippen LogP) is 1.35. The van der Waals surface area contributed by atoms with Crippen LogP contribution in [0.25, 0.3) is 0 Å². The topological polar surface area (TPSA) is 56.7 Å². The SMILES string of the molecule is Cc1cn(C23CCC(N)(CC2)CC3)nn1. The van der Waals surface area contributed by atoms with Crippen molar-refractivity contribution < 1.29 is 0 Å². The van der Waals surface area contributed by atoms with Gasteiger partial charge in [0.2, 0.25) is 0 Å². The summed E-state index contributed by atoms with van der Waals surface area (Å²) in [4.78, 5) is 0. The molecule has 3 saturated carbocycles. The van der Waals surface area contributed by atoms with Gasteiger partial charge in [0.15, 0.2) is 0 Å². The summed E-state index contributed by atoms with van der Waals surface area (Å²) in [5.41, 5.74) is 7.68.